The molecule has 0 bridgehead atoms. The number of benzene rings is 1. The zero-order valence-electron chi connectivity index (χ0n) is 12.6. The second-order valence-electron chi connectivity index (χ2n) is 5.75. The second-order valence-corrected chi connectivity index (χ2v) is 6.66. The predicted molar refractivity (Wildman–Crippen MR) is 89.7 cm³/mol. The van der Waals surface area contributed by atoms with Gasteiger partial charge < -0.3 is 14.4 Å². The molecule has 0 saturated heterocycles. The summed E-state index contributed by atoms with van der Waals surface area (Å²) in [6.45, 7) is 0. The van der Waals surface area contributed by atoms with E-state index in [1.54, 1.807) is 12.4 Å². The highest BCUT2D eigenvalue weighted by molar-refractivity contribution is 9.10. The lowest BCUT2D eigenvalue weighted by Crippen LogP contribution is -2.32. The predicted octanol–water partition coefficient (Wildman–Crippen LogP) is 3.92. The molecule has 4 rings (SSSR count). The van der Waals surface area contributed by atoms with Crippen LogP contribution in [-0.4, -0.2) is 26.3 Å². The number of nitrogens with zero attached hydrogens (tertiary/aromatic N) is 3. The summed E-state index contributed by atoms with van der Waals surface area (Å²) in [4.78, 5) is 8.46. The zero-order valence-corrected chi connectivity index (χ0v) is 14.2. The van der Waals surface area contributed by atoms with E-state index < -0.39 is 0 Å². The van der Waals surface area contributed by atoms with Crippen molar-refractivity contribution in [2.45, 2.75) is 24.9 Å². The number of halogens is 1. The first kappa shape index (κ1) is 15.1. The molecule has 24 heavy (non-hydrogen) atoms. The SMILES string of the molecule is Oc1cc(-c2cnc(O[C@H]3C[C@@H](c4ccc(Br)cc4)C3)cn2)on1. The first-order valence-corrected chi connectivity index (χ1v) is 8.37. The van der Waals surface area contributed by atoms with Crippen LogP contribution in [-0.2, 0) is 0 Å². The van der Waals surface area contributed by atoms with E-state index >= 15 is 0 Å². The molecule has 122 valence electrons. The topological polar surface area (TPSA) is 81.3 Å². The largest absolute Gasteiger partial charge is 0.491 e. The zero-order chi connectivity index (χ0) is 16.5. The van der Waals surface area contributed by atoms with Crippen molar-refractivity contribution in [1.29, 1.82) is 0 Å². The molecule has 6 nitrogen and oxygen atoms in total. The van der Waals surface area contributed by atoms with Crippen LogP contribution in [0.1, 0.15) is 24.3 Å². The summed E-state index contributed by atoms with van der Waals surface area (Å²) < 4.78 is 11.9. The maximum Gasteiger partial charge on any atom is 0.252 e. The highest BCUT2D eigenvalue weighted by Crippen LogP contribution is 2.39. The molecule has 1 saturated carbocycles. The maximum absolute atomic E-state index is 9.18. The van der Waals surface area contributed by atoms with Gasteiger partial charge in [0.2, 0.25) is 5.88 Å². The molecule has 0 unspecified atom stereocenters. The molecule has 1 aromatic carbocycles. The van der Waals surface area contributed by atoms with E-state index in [1.165, 1.54) is 11.6 Å². The Bertz CT molecular complexity index is 827. The second kappa shape index (κ2) is 6.24. The third kappa shape index (κ3) is 3.12. The van der Waals surface area contributed by atoms with Crippen molar-refractivity contribution in [2.75, 3.05) is 0 Å². The van der Waals surface area contributed by atoms with Crippen LogP contribution in [0, 0.1) is 0 Å². The first-order chi connectivity index (χ1) is 11.7. The van der Waals surface area contributed by atoms with Crippen molar-refractivity contribution in [3.05, 3.63) is 52.8 Å². The van der Waals surface area contributed by atoms with Gasteiger partial charge in [-0.05, 0) is 41.6 Å². The highest BCUT2D eigenvalue weighted by Gasteiger charge is 2.32. The Labute approximate surface area is 146 Å². The molecule has 1 aliphatic rings. The van der Waals surface area contributed by atoms with Crippen molar-refractivity contribution in [1.82, 2.24) is 15.1 Å². The van der Waals surface area contributed by atoms with E-state index in [2.05, 4.69) is 55.3 Å². The monoisotopic (exact) mass is 387 g/mol. The maximum atomic E-state index is 9.18. The lowest BCUT2D eigenvalue weighted by atomic mass is 9.77. The molecule has 0 amide bonds. The molecule has 0 spiro atoms. The third-order valence-electron chi connectivity index (χ3n) is 4.10. The average Bonchev–Trinajstić information content (AvgIpc) is 2.99. The highest BCUT2D eigenvalue weighted by atomic mass is 79.9. The van der Waals surface area contributed by atoms with Crippen molar-refractivity contribution in [3.8, 4) is 23.2 Å². The van der Waals surface area contributed by atoms with Gasteiger partial charge in [-0.2, -0.15) is 0 Å². The van der Waals surface area contributed by atoms with Crippen LogP contribution >= 0.6 is 15.9 Å². The number of aromatic hydroxyl groups is 1. The number of hydrogen-bond donors (Lipinski definition) is 1. The van der Waals surface area contributed by atoms with Gasteiger partial charge in [0.1, 0.15) is 11.8 Å². The van der Waals surface area contributed by atoms with Crippen molar-refractivity contribution >= 4 is 15.9 Å². The molecule has 1 N–H and O–H groups in total. The summed E-state index contributed by atoms with van der Waals surface area (Å²) in [5, 5.41) is 12.6. The molecular formula is C17H14BrN3O3. The number of ether oxygens (including phenoxy) is 1. The summed E-state index contributed by atoms with van der Waals surface area (Å²) in [7, 11) is 0. The van der Waals surface area contributed by atoms with Gasteiger partial charge in [-0.15, -0.1) is 0 Å². The van der Waals surface area contributed by atoms with Crippen LogP contribution in [0.5, 0.6) is 11.8 Å². The van der Waals surface area contributed by atoms with Crippen LogP contribution in [0.3, 0.4) is 0 Å². The van der Waals surface area contributed by atoms with Gasteiger partial charge in [-0.1, -0.05) is 28.1 Å². The van der Waals surface area contributed by atoms with E-state index in [0.717, 1.165) is 17.3 Å². The summed E-state index contributed by atoms with van der Waals surface area (Å²) in [5.41, 5.74) is 1.83. The Morgan fingerprint density at radius 1 is 1.12 bits per heavy atom. The summed E-state index contributed by atoms with van der Waals surface area (Å²) in [6, 6.07) is 9.81. The number of rotatable bonds is 4. The Morgan fingerprint density at radius 3 is 2.54 bits per heavy atom. The Kier molecular flexibility index (Phi) is 3.93. The van der Waals surface area contributed by atoms with Gasteiger partial charge in [0, 0.05) is 4.47 Å². The molecular weight excluding hydrogens is 374 g/mol. The fourth-order valence-corrected chi connectivity index (χ4v) is 2.99. The molecule has 0 radical (unpaired) electrons. The third-order valence-corrected chi connectivity index (χ3v) is 4.63. The van der Waals surface area contributed by atoms with Crippen molar-refractivity contribution in [3.63, 3.8) is 0 Å². The first-order valence-electron chi connectivity index (χ1n) is 7.57. The van der Waals surface area contributed by atoms with Gasteiger partial charge >= 0.3 is 0 Å². The van der Waals surface area contributed by atoms with E-state index in [9.17, 15) is 5.11 Å². The fraction of sp³-hybridized carbons (Fsp3) is 0.235. The van der Waals surface area contributed by atoms with Gasteiger partial charge in [-0.3, -0.25) is 0 Å². The quantitative estimate of drug-likeness (QED) is 0.730. The molecule has 0 aliphatic heterocycles. The Balaban J connectivity index is 1.34. The van der Waals surface area contributed by atoms with Gasteiger partial charge in [0.15, 0.2) is 5.76 Å². The average molecular weight is 388 g/mol. The van der Waals surface area contributed by atoms with Crippen LogP contribution in [0.4, 0.5) is 0 Å². The Hall–Kier alpha value is -2.41. The normalized spacial score (nSPS) is 19.7. The number of hydrogen-bond acceptors (Lipinski definition) is 6. The molecule has 1 aliphatic carbocycles. The minimum Gasteiger partial charge on any atom is -0.491 e. The van der Waals surface area contributed by atoms with Crippen LogP contribution < -0.4 is 4.74 Å². The number of aromatic nitrogens is 3. The molecule has 3 aromatic rings. The smallest absolute Gasteiger partial charge is 0.252 e. The molecule has 0 atom stereocenters. The lowest BCUT2D eigenvalue weighted by Gasteiger charge is -2.35. The van der Waals surface area contributed by atoms with Crippen LogP contribution in [0.15, 0.2) is 51.7 Å². The van der Waals surface area contributed by atoms with Crippen LogP contribution in [0.2, 0.25) is 0 Å². The molecule has 1 fully saturated rings. The molecule has 2 aromatic heterocycles. The van der Waals surface area contributed by atoms with E-state index in [1.807, 2.05) is 0 Å². The minimum atomic E-state index is -0.180. The standard InChI is InChI=1S/C17H14BrN3O3/c18-12-3-1-10(2-4-12)11-5-13(6-11)23-17-9-19-14(8-20-17)15-7-16(22)21-24-15/h1-4,7-9,11,13H,5-6H2,(H,21,22)/t11-,13+. The summed E-state index contributed by atoms with van der Waals surface area (Å²) in [5.74, 6) is 1.21. The van der Waals surface area contributed by atoms with Crippen molar-refractivity contribution < 1.29 is 14.4 Å². The van der Waals surface area contributed by atoms with E-state index in [0.29, 0.717) is 23.3 Å². The minimum absolute atomic E-state index is 0.160. The van der Waals surface area contributed by atoms with E-state index in [4.69, 9.17) is 9.26 Å². The molecule has 2 heterocycles. The van der Waals surface area contributed by atoms with Crippen LogP contribution in [0.25, 0.3) is 11.5 Å². The summed E-state index contributed by atoms with van der Waals surface area (Å²) in [6.07, 6.45) is 5.21. The van der Waals surface area contributed by atoms with Gasteiger partial charge in [-0.25, -0.2) is 9.97 Å². The fourth-order valence-electron chi connectivity index (χ4n) is 2.73. The Morgan fingerprint density at radius 2 is 1.92 bits per heavy atom. The lowest BCUT2D eigenvalue weighted by molar-refractivity contribution is 0.0931. The summed E-state index contributed by atoms with van der Waals surface area (Å²) >= 11 is 3.45. The van der Waals surface area contributed by atoms with Crippen molar-refractivity contribution in [2.24, 2.45) is 0 Å². The van der Waals surface area contributed by atoms with Gasteiger partial charge in [0.05, 0.1) is 18.5 Å². The van der Waals surface area contributed by atoms with Gasteiger partial charge in [0.25, 0.3) is 5.88 Å². The molecule has 7 heteroatoms. The van der Waals surface area contributed by atoms with E-state index in [-0.39, 0.29) is 12.0 Å².